The second-order valence-corrected chi connectivity index (χ2v) is 6.47. The maximum absolute atomic E-state index is 11.8. The molecule has 0 saturated heterocycles. The summed E-state index contributed by atoms with van der Waals surface area (Å²) in [6.07, 6.45) is 0. The molecule has 3 aromatic rings. The summed E-state index contributed by atoms with van der Waals surface area (Å²) in [6.45, 7) is 3.33. The van der Waals surface area contributed by atoms with Crippen LogP contribution in [0, 0.1) is 6.92 Å². The van der Waals surface area contributed by atoms with Crippen molar-refractivity contribution >= 4 is 29.2 Å². The summed E-state index contributed by atoms with van der Waals surface area (Å²) in [5.74, 6) is 0.200. The number of hydrogen-bond donors (Lipinski definition) is 2. The summed E-state index contributed by atoms with van der Waals surface area (Å²) < 4.78 is 1.66. The number of aromatic nitrogens is 2. The van der Waals surface area contributed by atoms with E-state index in [9.17, 15) is 9.59 Å². The van der Waals surface area contributed by atoms with Gasteiger partial charge in [-0.2, -0.15) is 5.10 Å². The number of amides is 2. The van der Waals surface area contributed by atoms with Gasteiger partial charge in [-0.25, -0.2) is 4.68 Å². The molecular weight excluding hydrogens is 364 g/mol. The van der Waals surface area contributed by atoms with Gasteiger partial charge < -0.3 is 10.6 Å². The molecule has 2 N–H and O–H groups in total. The van der Waals surface area contributed by atoms with Gasteiger partial charge >= 0.3 is 0 Å². The fraction of sp³-hybridized carbons (Fsp3) is 0.150. The molecule has 1 heterocycles. The van der Waals surface area contributed by atoms with Crippen LogP contribution < -0.4 is 10.6 Å². The van der Waals surface area contributed by atoms with Crippen molar-refractivity contribution in [2.75, 3.05) is 12.4 Å². The third-order valence-electron chi connectivity index (χ3n) is 4.09. The van der Waals surface area contributed by atoms with Crippen LogP contribution >= 0.6 is 11.6 Å². The lowest BCUT2D eigenvalue weighted by molar-refractivity contribution is -0.114. The van der Waals surface area contributed by atoms with Crippen molar-refractivity contribution in [1.82, 2.24) is 15.1 Å². The van der Waals surface area contributed by atoms with Gasteiger partial charge in [-0.3, -0.25) is 9.59 Å². The van der Waals surface area contributed by atoms with E-state index in [1.54, 1.807) is 48.1 Å². The average Bonchev–Trinajstić information content (AvgIpc) is 2.97. The number of carbonyl (C=O) groups is 2. The van der Waals surface area contributed by atoms with E-state index in [0.29, 0.717) is 16.4 Å². The largest absolute Gasteiger partial charge is 0.355 e. The molecular formula is C20H19ClN4O2. The second kappa shape index (κ2) is 7.63. The monoisotopic (exact) mass is 382 g/mol. The summed E-state index contributed by atoms with van der Waals surface area (Å²) in [6, 6.07) is 14.4. The van der Waals surface area contributed by atoms with Gasteiger partial charge in [-0.1, -0.05) is 23.7 Å². The van der Waals surface area contributed by atoms with Crippen LogP contribution in [-0.4, -0.2) is 28.6 Å². The number of anilines is 1. The SMILES string of the molecule is CNC(=O)c1ccc(-n2nc(C)c(-c3ccc(Cl)cc3)c2NC(C)=O)cc1. The van der Waals surface area contributed by atoms with Crippen molar-refractivity contribution in [2.24, 2.45) is 0 Å². The molecule has 0 bridgehead atoms. The first-order valence-electron chi connectivity index (χ1n) is 8.36. The van der Waals surface area contributed by atoms with Crippen LogP contribution in [0.2, 0.25) is 5.02 Å². The predicted molar refractivity (Wildman–Crippen MR) is 106 cm³/mol. The molecule has 0 unspecified atom stereocenters. The lowest BCUT2D eigenvalue weighted by Crippen LogP contribution is -2.17. The van der Waals surface area contributed by atoms with E-state index < -0.39 is 0 Å². The smallest absolute Gasteiger partial charge is 0.251 e. The predicted octanol–water partition coefficient (Wildman–Crippen LogP) is 3.82. The van der Waals surface area contributed by atoms with Gasteiger partial charge in [-0.05, 0) is 48.9 Å². The van der Waals surface area contributed by atoms with Gasteiger partial charge in [0.1, 0.15) is 5.82 Å². The van der Waals surface area contributed by atoms with Crippen LogP contribution in [0.5, 0.6) is 0 Å². The maximum atomic E-state index is 11.8. The molecule has 7 heteroatoms. The topological polar surface area (TPSA) is 76.0 Å². The number of benzene rings is 2. The van der Waals surface area contributed by atoms with Crippen molar-refractivity contribution in [2.45, 2.75) is 13.8 Å². The molecule has 6 nitrogen and oxygen atoms in total. The molecule has 3 rings (SSSR count). The van der Waals surface area contributed by atoms with Crippen LogP contribution in [0.3, 0.4) is 0 Å². The highest BCUT2D eigenvalue weighted by Crippen LogP contribution is 2.34. The first-order chi connectivity index (χ1) is 12.9. The molecule has 0 aliphatic heterocycles. The number of halogens is 1. The molecule has 2 amide bonds. The summed E-state index contributed by atoms with van der Waals surface area (Å²) in [5, 5.41) is 10.7. The summed E-state index contributed by atoms with van der Waals surface area (Å²) in [5.41, 5.74) is 3.75. The molecule has 2 aromatic carbocycles. The lowest BCUT2D eigenvalue weighted by Gasteiger charge is -2.11. The van der Waals surface area contributed by atoms with E-state index >= 15 is 0 Å². The molecule has 138 valence electrons. The zero-order valence-electron chi connectivity index (χ0n) is 15.2. The van der Waals surface area contributed by atoms with E-state index in [1.807, 2.05) is 19.1 Å². The standard InChI is InChI=1S/C20H19ClN4O2/c1-12-18(14-4-8-16(21)9-5-14)19(23-13(2)26)25(24-12)17-10-6-15(7-11-17)20(27)22-3/h4-11H,1-3H3,(H,22,27)(H,23,26). The van der Waals surface area contributed by atoms with Gasteiger partial charge in [-0.15, -0.1) is 0 Å². The minimum absolute atomic E-state index is 0.165. The molecule has 1 aromatic heterocycles. The second-order valence-electron chi connectivity index (χ2n) is 6.03. The normalized spacial score (nSPS) is 10.5. The Hall–Kier alpha value is -3.12. The Morgan fingerprint density at radius 2 is 1.67 bits per heavy atom. The minimum atomic E-state index is -0.201. The Labute approximate surface area is 162 Å². The number of aryl methyl sites for hydroxylation is 1. The number of nitrogens with zero attached hydrogens (tertiary/aromatic N) is 2. The number of carbonyl (C=O) groups excluding carboxylic acids is 2. The number of nitrogens with one attached hydrogen (secondary N) is 2. The van der Waals surface area contributed by atoms with E-state index in [1.165, 1.54) is 6.92 Å². The zero-order chi connectivity index (χ0) is 19.6. The highest BCUT2D eigenvalue weighted by molar-refractivity contribution is 6.30. The van der Waals surface area contributed by atoms with Crippen LogP contribution in [-0.2, 0) is 4.79 Å². The molecule has 0 radical (unpaired) electrons. The highest BCUT2D eigenvalue weighted by Gasteiger charge is 2.19. The fourth-order valence-electron chi connectivity index (χ4n) is 2.86. The third-order valence-corrected chi connectivity index (χ3v) is 4.34. The van der Waals surface area contributed by atoms with Gasteiger partial charge in [0.05, 0.1) is 11.4 Å². The summed E-state index contributed by atoms with van der Waals surface area (Å²) in [4.78, 5) is 23.5. The van der Waals surface area contributed by atoms with Crippen molar-refractivity contribution < 1.29 is 9.59 Å². The third kappa shape index (κ3) is 3.85. The highest BCUT2D eigenvalue weighted by atomic mass is 35.5. The van der Waals surface area contributed by atoms with Crippen LogP contribution in [0.1, 0.15) is 23.0 Å². The molecule has 0 aliphatic rings. The van der Waals surface area contributed by atoms with Gasteiger partial charge in [0, 0.05) is 30.1 Å². The Kier molecular flexibility index (Phi) is 5.28. The van der Waals surface area contributed by atoms with E-state index in [2.05, 4.69) is 15.7 Å². The van der Waals surface area contributed by atoms with Gasteiger partial charge in [0.15, 0.2) is 0 Å². The van der Waals surface area contributed by atoms with Crippen molar-refractivity contribution in [3.63, 3.8) is 0 Å². The van der Waals surface area contributed by atoms with Crippen molar-refractivity contribution in [3.05, 3.63) is 64.8 Å². The Morgan fingerprint density at radius 3 is 2.22 bits per heavy atom. The molecule has 0 atom stereocenters. The Balaban J connectivity index is 2.13. The molecule has 0 spiro atoms. The lowest BCUT2D eigenvalue weighted by atomic mass is 10.1. The quantitative estimate of drug-likeness (QED) is 0.720. The summed E-state index contributed by atoms with van der Waals surface area (Å²) in [7, 11) is 1.58. The van der Waals surface area contributed by atoms with Crippen LogP contribution in [0.15, 0.2) is 48.5 Å². The molecule has 0 fully saturated rings. The van der Waals surface area contributed by atoms with E-state index in [4.69, 9.17) is 11.6 Å². The molecule has 0 saturated carbocycles. The Morgan fingerprint density at radius 1 is 1.04 bits per heavy atom. The van der Waals surface area contributed by atoms with Crippen molar-refractivity contribution in [1.29, 1.82) is 0 Å². The average molecular weight is 383 g/mol. The molecule has 27 heavy (non-hydrogen) atoms. The van der Waals surface area contributed by atoms with Gasteiger partial charge in [0.25, 0.3) is 5.91 Å². The summed E-state index contributed by atoms with van der Waals surface area (Å²) >= 11 is 5.99. The molecule has 0 aliphatic carbocycles. The van der Waals surface area contributed by atoms with Crippen molar-refractivity contribution in [3.8, 4) is 16.8 Å². The minimum Gasteiger partial charge on any atom is -0.355 e. The Bertz CT molecular complexity index is 992. The maximum Gasteiger partial charge on any atom is 0.251 e. The zero-order valence-corrected chi connectivity index (χ0v) is 16.0. The van der Waals surface area contributed by atoms with E-state index in [0.717, 1.165) is 22.5 Å². The first-order valence-corrected chi connectivity index (χ1v) is 8.74. The number of hydrogen-bond acceptors (Lipinski definition) is 3. The van der Waals surface area contributed by atoms with Gasteiger partial charge in [0.2, 0.25) is 5.91 Å². The van der Waals surface area contributed by atoms with Crippen LogP contribution in [0.4, 0.5) is 5.82 Å². The van der Waals surface area contributed by atoms with E-state index in [-0.39, 0.29) is 11.8 Å². The number of rotatable bonds is 4. The van der Waals surface area contributed by atoms with Crippen LogP contribution in [0.25, 0.3) is 16.8 Å². The first kappa shape index (κ1) is 18.7. The fourth-order valence-corrected chi connectivity index (χ4v) is 2.98.